The first kappa shape index (κ1) is 13.8. The molecule has 1 aliphatic carbocycles. The number of hydrogen-bond donors (Lipinski definition) is 1. The van der Waals surface area contributed by atoms with Crippen molar-refractivity contribution in [2.45, 2.75) is 45.6 Å². The number of nitrogens with one attached hydrogen (secondary N) is 1. The van der Waals surface area contributed by atoms with Crippen LogP contribution in [0.15, 0.2) is 18.2 Å². The summed E-state index contributed by atoms with van der Waals surface area (Å²) in [6.07, 6.45) is 5.24. The summed E-state index contributed by atoms with van der Waals surface area (Å²) >= 11 is 5.81. The van der Waals surface area contributed by atoms with Gasteiger partial charge >= 0.3 is 0 Å². The quantitative estimate of drug-likeness (QED) is 0.816. The minimum Gasteiger partial charge on any atom is -0.310 e. The Balaban J connectivity index is 1.94. The van der Waals surface area contributed by atoms with Crippen molar-refractivity contribution >= 4 is 11.6 Å². The van der Waals surface area contributed by atoms with Crippen LogP contribution in [0.3, 0.4) is 0 Å². The fourth-order valence-electron chi connectivity index (χ4n) is 2.60. The van der Waals surface area contributed by atoms with Gasteiger partial charge in [-0.2, -0.15) is 0 Å². The minimum absolute atomic E-state index is 0.204. The summed E-state index contributed by atoms with van der Waals surface area (Å²) in [5.41, 5.74) is 1.55. The van der Waals surface area contributed by atoms with Gasteiger partial charge in [0.25, 0.3) is 0 Å². The zero-order valence-electron chi connectivity index (χ0n) is 11.1. The van der Waals surface area contributed by atoms with E-state index in [0.717, 1.165) is 12.1 Å². The summed E-state index contributed by atoms with van der Waals surface area (Å²) in [5.74, 6) is -0.350. The topological polar surface area (TPSA) is 12.0 Å². The molecule has 1 aliphatic rings. The molecule has 3 heteroatoms. The lowest BCUT2D eigenvalue weighted by Crippen LogP contribution is -2.40. The monoisotopic (exact) mass is 269 g/mol. The molecule has 0 aliphatic heterocycles. The molecule has 1 saturated carbocycles. The Hall–Kier alpha value is -0.600. The van der Waals surface area contributed by atoms with Crippen molar-refractivity contribution in [3.63, 3.8) is 0 Å². The average molecular weight is 270 g/mol. The molecule has 0 aromatic heterocycles. The van der Waals surface area contributed by atoms with E-state index in [-0.39, 0.29) is 16.9 Å². The third kappa shape index (κ3) is 2.86. The van der Waals surface area contributed by atoms with E-state index in [0.29, 0.717) is 5.41 Å². The molecule has 18 heavy (non-hydrogen) atoms. The highest BCUT2D eigenvalue weighted by atomic mass is 35.5. The Labute approximate surface area is 114 Å². The van der Waals surface area contributed by atoms with Crippen molar-refractivity contribution in [1.82, 2.24) is 5.32 Å². The first-order valence-corrected chi connectivity index (χ1v) is 7.12. The lowest BCUT2D eigenvalue weighted by Gasteiger charge is -2.42. The van der Waals surface area contributed by atoms with Gasteiger partial charge in [0, 0.05) is 12.6 Å². The van der Waals surface area contributed by atoms with Gasteiger partial charge in [0.05, 0.1) is 5.02 Å². The highest BCUT2D eigenvalue weighted by Gasteiger charge is 2.34. The Morgan fingerprint density at radius 1 is 1.44 bits per heavy atom. The van der Waals surface area contributed by atoms with Crippen LogP contribution in [0.4, 0.5) is 4.39 Å². The molecule has 0 radical (unpaired) electrons. The molecule has 1 atom stereocenters. The third-order valence-electron chi connectivity index (χ3n) is 4.39. The van der Waals surface area contributed by atoms with Gasteiger partial charge in [-0.25, -0.2) is 4.39 Å². The second-order valence-corrected chi connectivity index (χ2v) is 5.89. The van der Waals surface area contributed by atoms with Crippen molar-refractivity contribution in [2.75, 3.05) is 6.54 Å². The summed E-state index contributed by atoms with van der Waals surface area (Å²) < 4.78 is 13.1. The maximum Gasteiger partial charge on any atom is 0.141 e. The van der Waals surface area contributed by atoms with E-state index in [2.05, 4.69) is 19.2 Å². The zero-order valence-corrected chi connectivity index (χ0v) is 11.9. The van der Waals surface area contributed by atoms with Crippen molar-refractivity contribution in [3.8, 4) is 0 Å². The van der Waals surface area contributed by atoms with Crippen LogP contribution in [0.25, 0.3) is 0 Å². The minimum atomic E-state index is -0.350. The van der Waals surface area contributed by atoms with Crippen LogP contribution < -0.4 is 5.32 Å². The summed E-state index contributed by atoms with van der Waals surface area (Å²) in [7, 11) is 0. The van der Waals surface area contributed by atoms with Gasteiger partial charge in [0.2, 0.25) is 0 Å². The van der Waals surface area contributed by atoms with Gasteiger partial charge in [-0.3, -0.25) is 0 Å². The van der Waals surface area contributed by atoms with E-state index in [1.165, 1.54) is 31.7 Å². The zero-order chi connectivity index (χ0) is 13.2. The second kappa shape index (κ2) is 5.58. The molecule has 1 aromatic carbocycles. The van der Waals surface area contributed by atoms with Gasteiger partial charge in [0.15, 0.2) is 0 Å². The normalized spacial score (nSPS) is 19.3. The summed E-state index contributed by atoms with van der Waals surface area (Å²) in [4.78, 5) is 0. The standard InChI is InChI=1S/C15H21ClFN/c1-3-15(7-4-8-15)10-18-11(2)12-5-6-14(17)13(16)9-12/h5-6,9,11,18H,3-4,7-8,10H2,1-2H3. The van der Waals surface area contributed by atoms with Gasteiger partial charge in [0.1, 0.15) is 5.82 Å². The average Bonchev–Trinajstić information content (AvgIpc) is 2.31. The Morgan fingerprint density at radius 2 is 2.17 bits per heavy atom. The van der Waals surface area contributed by atoms with Crippen LogP contribution in [0, 0.1) is 11.2 Å². The van der Waals surface area contributed by atoms with E-state index >= 15 is 0 Å². The third-order valence-corrected chi connectivity index (χ3v) is 4.68. The first-order chi connectivity index (χ1) is 8.56. The van der Waals surface area contributed by atoms with Crippen molar-refractivity contribution in [2.24, 2.45) is 5.41 Å². The molecule has 1 fully saturated rings. The lowest BCUT2D eigenvalue weighted by molar-refractivity contribution is 0.120. The van der Waals surface area contributed by atoms with E-state index in [4.69, 9.17) is 11.6 Å². The fourth-order valence-corrected chi connectivity index (χ4v) is 2.79. The number of rotatable bonds is 5. The second-order valence-electron chi connectivity index (χ2n) is 5.48. The maximum absolute atomic E-state index is 13.1. The first-order valence-electron chi connectivity index (χ1n) is 6.75. The Bertz CT molecular complexity index is 409. The summed E-state index contributed by atoms with van der Waals surface area (Å²) in [6.45, 7) is 5.41. The predicted molar refractivity (Wildman–Crippen MR) is 74.4 cm³/mol. The van der Waals surface area contributed by atoms with Crippen molar-refractivity contribution < 1.29 is 4.39 Å². The molecule has 1 aromatic rings. The van der Waals surface area contributed by atoms with Crippen LogP contribution in [-0.4, -0.2) is 6.54 Å². The smallest absolute Gasteiger partial charge is 0.141 e. The van der Waals surface area contributed by atoms with Crippen LogP contribution >= 0.6 is 11.6 Å². The molecule has 0 amide bonds. The van der Waals surface area contributed by atoms with E-state index in [9.17, 15) is 4.39 Å². The Morgan fingerprint density at radius 3 is 2.67 bits per heavy atom. The predicted octanol–water partition coefficient (Wildman–Crippen LogP) is 4.71. The molecular weight excluding hydrogens is 249 g/mol. The van der Waals surface area contributed by atoms with Gasteiger partial charge in [-0.05, 0) is 49.3 Å². The van der Waals surface area contributed by atoms with Crippen LogP contribution in [0.5, 0.6) is 0 Å². The van der Waals surface area contributed by atoms with Crippen LogP contribution in [-0.2, 0) is 0 Å². The SMILES string of the molecule is CCC1(CNC(C)c2ccc(F)c(Cl)c2)CCC1. The number of hydrogen-bond acceptors (Lipinski definition) is 1. The van der Waals surface area contributed by atoms with Crippen molar-refractivity contribution in [3.05, 3.63) is 34.6 Å². The largest absolute Gasteiger partial charge is 0.310 e. The number of benzene rings is 1. The van der Waals surface area contributed by atoms with Gasteiger partial charge in [-0.15, -0.1) is 0 Å². The van der Waals surface area contributed by atoms with Crippen LogP contribution in [0.2, 0.25) is 5.02 Å². The molecule has 1 unspecified atom stereocenters. The molecular formula is C15H21ClFN. The number of halogens is 2. The molecule has 0 bridgehead atoms. The summed E-state index contributed by atoms with van der Waals surface area (Å²) in [5, 5.41) is 3.76. The maximum atomic E-state index is 13.1. The van der Waals surface area contributed by atoms with E-state index in [1.54, 1.807) is 12.1 Å². The van der Waals surface area contributed by atoms with Crippen molar-refractivity contribution in [1.29, 1.82) is 0 Å². The van der Waals surface area contributed by atoms with E-state index in [1.807, 2.05) is 0 Å². The highest BCUT2D eigenvalue weighted by molar-refractivity contribution is 6.30. The molecule has 0 spiro atoms. The molecule has 0 heterocycles. The van der Waals surface area contributed by atoms with E-state index < -0.39 is 0 Å². The molecule has 2 rings (SSSR count). The highest BCUT2D eigenvalue weighted by Crippen LogP contribution is 2.43. The molecule has 1 nitrogen and oxygen atoms in total. The molecule has 0 saturated heterocycles. The fraction of sp³-hybridized carbons (Fsp3) is 0.600. The Kier molecular flexibility index (Phi) is 4.29. The molecule has 100 valence electrons. The van der Waals surface area contributed by atoms with Gasteiger partial charge in [-0.1, -0.05) is 31.0 Å². The van der Waals surface area contributed by atoms with Gasteiger partial charge < -0.3 is 5.32 Å². The van der Waals surface area contributed by atoms with Crippen LogP contribution in [0.1, 0.15) is 51.1 Å². The summed E-state index contributed by atoms with van der Waals surface area (Å²) in [6, 6.07) is 5.17. The lowest BCUT2D eigenvalue weighted by atomic mass is 9.67. The molecule has 1 N–H and O–H groups in total.